The van der Waals surface area contributed by atoms with Crippen LogP contribution >= 0.6 is 0 Å². The van der Waals surface area contributed by atoms with Crippen LogP contribution in [0.25, 0.3) is 0 Å². The fourth-order valence-corrected chi connectivity index (χ4v) is 1.70. The Bertz CT molecular complexity index is 266. The lowest BCUT2D eigenvalue weighted by Gasteiger charge is -2.20. The fourth-order valence-electron chi connectivity index (χ4n) is 1.70. The van der Waals surface area contributed by atoms with Crippen LogP contribution in [0.15, 0.2) is 24.3 Å². The third-order valence-electron chi connectivity index (χ3n) is 2.45. The third-order valence-corrected chi connectivity index (χ3v) is 2.45. The summed E-state index contributed by atoms with van der Waals surface area (Å²) in [4.78, 5) is 0. The van der Waals surface area contributed by atoms with Gasteiger partial charge in [-0.3, -0.25) is 0 Å². The predicted molar refractivity (Wildman–Crippen MR) is 59.6 cm³/mol. The van der Waals surface area contributed by atoms with Crippen molar-refractivity contribution in [2.75, 3.05) is 14.2 Å². The van der Waals surface area contributed by atoms with Crippen molar-refractivity contribution >= 4 is 0 Å². The Labute approximate surface area is 86.3 Å². The Morgan fingerprint density at radius 2 is 1.71 bits per heavy atom. The molecule has 1 aromatic carbocycles. The fraction of sp³-hybridized carbons (Fsp3) is 0.500. The van der Waals surface area contributed by atoms with Gasteiger partial charge in [0.25, 0.3) is 0 Å². The number of ether oxygens (including phenoxy) is 1. The molecule has 0 saturated carbocycles. The van der Waals surface area contributed by atoms with E-state index in [1.165, 1.54) is 5.56 Å². The van der Waals surface area contributed by atoms with Gasteiger partial charge in [-0.05, 0) is 30.7 Å². The highest BCUT2D eigenvalue weighted by atomic mass is 16.5. The van der Waals surface area contributed by atoms with Gasteiger partial charge in [-0.2, -0.15) is 0 Å². The Kier molecular flexibility index (Phi) is 3.96. The van der Waals surface area contributed by atoms with Crippen LogP contribution < -0.4 is 10.1 Å². The minimum Gasteiger partial charge on any atom is -0.497 e. The maximum absolute atomic E-state index is 5.12. The number of hydrogen-bond donors (Lipinski definition) is 1. The van der Waals surface area contributed by atoms with Crippen molar-refractivity contribution in [2.24, 2.45) is 5.92 Å². The molecule has 0 saturated heterocycles. The van der Waals surface area contributed by atoms with E-state index in [2.05, 4.69) is 31.3 Å². The third kappa shape index (κ3) is 2.48. The molecule has 0 fully saturated rings. The second-order valence-corrected chi connectivity index (χ2v) is 3.78. The van der Waals surface area contributed by atoms with Gasteiger partial charge >= 0.3 is 0 Å². The lowest BCUT2D eigenvalue weighted by molar-refractivity contribution is 0.412. The molecule has 0 aliphatic heterocycles. The molecule has 78 valence electrons. The minimum atomic E-state index is 0.418. The summed E-state index contributed by atoms with van der Waals surface area (Å²) in [6.45, 7) is 4.43. The zero-order valence-electron chi connectivity index (χ0n) is 9.37. The van der Waals surface area contributed by atoms with E-state index in [4.69, 9.17) is 4.74 Å². The van der Waals surface area contributed by atoms with Gasteiger partial charge in [0.2, 0.25) is 0 Å². The number of hydrogen-bond acceptors (Lipinski definition) is 2. The van der Waals surface area contributed by atoms with E-state index >= 15 is 0 Å². The standard InChI is InChI=1S/C12H19NO/c1-9(2)12(13-3)10-5-7-11(14-4)8-6-10/h5-9,12-13H,1-4H3/t12-/m1/s1. The zero-order valence-corrected chi connectivity index (χ0v) is 9.37. The lowest BCUT2D eigenvalue weighted by atomic mass is 9.96. The summed E-state index contributed by atoms with van der Waals surface area (Å²) in [6, 6.07) is 8.64. The van der Waals surface area contributed by atoms with Crippen LogP contribution in [0.5, 0.6) is 5.75 Å². The molecular formula is C12H19NO. The smallest absolute Gasteiger partial charge is 0.118 e. The highest BCUT2D eigenvalue weighted by Crippen LogP contribution is 2.23. The Morgan fingerprint density at radius 3 is 2.07 bits per heavy atom. The van der Waals surface area contributed by atoms with E-state index < -0.39 is 0 Å². The molecule has 0 heterocycles. The van der Waals surface area contributed by atoms with Gasteiger partial charge < -0.3 is 10.1 Å². The van der Waals surface area contributed by atoms with Crippen LogP contribution in [-0.2, 0) is 0 Å². The lowest BCUT2D eigenvalue weighted by Crippen LogP contribution is -2.21. The van der Waals surface area contributed by atoms with Gasteiger partial charge in [0.1, 0.15) is 5.75 Å². The first-order chi connectivity index (χ1) is 6.69. The first-order valence-electron chi connectivity index (χ1n) is 5.00. The van der Waals surface area contributed by atoms with Crippen molar-refractivity contribution in [3.63, 3.8) is 0 Å². The molecule has 0 aliphatic carbocycles. The highest BCUT2D eigenvalue weighted by Gasteiger charge is 2.12. The molecule has 2 heteroatoms. The first kappa shape index (κ1) is 11.1. The monoisotopic (exact) mass is 193 g/mol. The van der Waals surface area contributed by atoms with E-state index in [9.17, 15) is 0 Å². The molecule has 0 aromatic heterocycles. The predicted octanol–water partition coefficient (Wildman–Crippen LogP) is 2.61. The molecule has 0 unspecified atom stereocenters. The molecule has 0 aliphatic rings. The quantitative estimate of drug-likeness (QED) is 0.793. The summed E-state index contributed by atoms with van der Waals surface area (Å²) in [7, 11) is 3.68. The van der Waals surface area contributed by atoms with Crippen LogP contribution in [0.1, 0.15) is 25.5 Å². The molecule has 1 rings (SSSR count). The number of methoxy groups -OCH3 is 1. The van der Waals surface area contributed by atoms with Crippen molar-refractivity contribution in [3.05, 3.63) is 29.8 Å². The van der Waals surface area contributed by atoms with Gasteiger partial charge in [0.05, 0.1) is 7.11 Å². The minimum absolute atomic E-state index is 0.418. The summed E-state index contributed by atoms with van der Waals surface area (Å²) in [5, 5.41) is 3.31. The van der Waals surface area contributed by atoms with Crippen molar-refractivity contribution in [1.29, 1.82) is 0 Å². The highest BCUT2D eigenvalue weighted by molar-refractivity contribution is 5.29. The average molecular weight is 193 g/mol. The Morgan fingerprint density at radius 1 is 1.14 bits per heavy atom. The van der Waals surface area contributed by atoms with Crippen LogP contribution in [-0.4, -0.2) is 14.2 Å². The maximum Gasteiger partial charge on any atom is 0.118 e. The molecule has 1 atom stereocenters. The molecule has 1 N–H and O–H groups in total. The zero-order chi connectivity index (χ0) is 10.6. The SMILES string of the molecule is CN[C@@H](c1ccc(OC)cc1)C(C)C. The molecule has 0 radical (unpaired) electrons. The number of rotatable bonds is 4. The van der Waals surface area contributed by atoms with Gasteiger partial charge in [0, 0.05) is 6.04 Å². The van der Waals surface area contributed by atoms with Gasteiger partial charge in [-0.15, -0.1) is 0 Å². The Balaban J connectivity index is 2.84. The van der Waals surface area contributed by atoms with E-state index in [0.717, 1.165) is 5.75 Å². The van der Waals surface area contributed by atoms with Crippen molar-refractivity contribution in [3.8, 4) is 5.75 Å². The number of nitrogens with one attached hydrogen (secondary N) is 1. The number of benzene rings is 1. The second-order valence-electron chi connectivity index (χ2n) is 3.78. The van der Waals surface area contributed by atoms with E-state index in [0.29, 0.717) is 12.0 Å². The first-order valence-corrected chi connectivity index (χ1v) is 5.00. The Hall–Kier alpha value is -1.02. The molecule has 0 bridgehead atoms. The summed E-state index contributed by atoms with van der Waals surface area (Å²) in [5.41, 5.74) is 1.31. The molecule has 0 spiro atoms. The summed E-state index contributed by atoms with van der Waals surface area (Å²) in [5.74, 6) is 1.50. The van der Waals surface area contributed by atoms with Gasteiger partial charge in [-0.25, -0.2) is 0 Å². The summed E-state index contributed by atoms with van der Waals surface area (Å²) < 4.78 is 5.12. The van der Waals surface area contributed by atoms with E-state index in [-0.39, 0.29) is 0 Å². The maximum atomic E-state index is 5.12. The second kappa shape index (κ2) is 5.01. The molecule has 14 heavy (non-hydrogen) atoms. The van der Waals surface area contributed by atoms with Crippen LogP contribution in [0.3, 0.4) is 0 Å². The van der Waals surface area contributed by atoms with Crippen molar-refractivity contribution in [1.82, 2.24) is 5.32 Å². The molecule has 0 amide bonds. The molecule has 1 aromatic rings. The topological polar surface area (TPSA) is 21.3 Å². The summed E-state index contributed by atoms with van der Waals surface area (Å²) >= 11 is 0. The largest absolute Gasteiger partial charge is 0.497 e. The van der Waals surface area contributed by atoms with Crippen LogP contribution in [0.4, 0.5) is 0 Å². The van der Waals surface area contributed by atoms with Gasteiger partial charge in [0.15, 0.2) is 0 Å². The van der Waals surface area contributed by atoms with Crippen molar-refractivity contribution in [2.45, 2.75) is 19.9 Å². The van der Waals surface area contributed by atoms with Crippen molar-refractivity contribution < 1.29 is 4.74 Å². The molecule has 2 nitrogen and oxygen atoms in total. The van der Waals surface area contributed by atoms with Crippen LogP contribution in [0, 0.1) is 5.92 Å². The molecular weight excluding hydrogens is 174 g/mol. The van der Waals surface area contributed by atoms with E-state index in [1.807, 2.05) is 19.2 Å². The normalized spacial score (nSPS) is 12.9. The average Bonchev–Trinajstić information content (AvgIpc) is 2.19. The summed E-state index contributed by atoms with van der Waals surface area (Å²) in [6.07, 6.45) is 0. The van der Waals surface area contributed by atoms with Crippen LogP contribution in [0.2, 0.25) is 0 Å². The van der Waals surface area contributed by atoms with Gasteiger partial charge in [-0.1, -0.05) is 26.0 Å². The van der Waals surface area contributed by atoms with E-state index in [1.54, 1.807) is 7.11 Å².